The first kappa shape index (κ1) is 9.84. The molecule has 0 atom stereocenters. The van der Waals surface area contributed by atoms with E-state index in [2.05, 4.69) is 26.9 Å². The topological polar surface area (TPSA) is 87.7 Å². The maximum absolute atomic E-state index is 12.6. The van der Waals surface area contributed by atoms with Gasteiger partial charge in [-0.25, -0.2) is 4.98 Å². The zero-order valence-corrected chi connectivity index (χ0v) is 7.11. The second kappa shape index (κ2) is 4.70. The SMILES string of the molecule is [N-]=[N+]=NCC#Cc1nc(F)ccc1N. The third-order valence-corrected chi connectivity index (χ3v) is 1.31. The molecule has 0 radical (unpaired) electrons. The molecule has 14 heavy (non-hydrogen) atoms. The van der Waals surface area contributed by atoms with Crippen molar-refractivity contribution in [3.8, 4) is 11.8 Å². The lowest BCUT2D eigenvalue weighted by atomic mass is 10.3. The summed E-state index contributed by atoms with van der Waals surface area (Å²) in [5, 5.41) is 3.18. The summed E-state index contributed by atoms with van der Waals surface area (Å²) in [6.07, 6.45) is 0. The number of azide groups is 1. The zero-order chi connectivity index (χ0) is 10.4. The largest absolute Gasteiger partial charge is 0.396 e. The fourth-order valence-corrected chi connectivity index (χ4v) is 0.736. The maximum atomic E-state index is 12.6. The second-order valence-electron chi connectivity index (χ2n) is 2.26. The van der Waals surface area contributed by atoms with Crippen molar-refractivity contribution in [2.45, 2.75) is 0 Å². The summed E-state index contributed by atoms with van der Waals surface area (Å²) in [6, 6.07) is 2.52. The van der Waals surface area contributed by atoms with E-state index in [1.165, 1.54) is 6.07 Å². The number of hydrogen-bond donors (Lipinski definition) is 1. The van der Waals surface area contributed by atoms with Crippen molar-refractivity contribution < 1.29 is 4.39 Å². The molecule has 0 aromatic carbocycles. The molecule has 0 unspecified atom stereocenters. The number of rotatable bonds is 1. The highest BCUT2D eigenvalue weighted by molar-refractivity contribution is 5.51. The highest BCUT2D eigenvalue weighted by Gasteiger charge is 1.98. The minimum atomic E-state index is -0.646. The van der Waals surface area contributed by atoms with E-state index in [-0.39, 0.29) is 12.2 Å². The molecular weight excluding hydrogens is 185 g/mol. The highest BCUT2D eigenvalue weighted by atomic mass is 19.1. The summed E-state index contributed by atoms with van der Waals surface area (Å²) in [5.74, 6) is 4.34. The summed E-state index contributed by atoms with van der Waals surface area (Å²) in [7, 11) is 0. The molecule has 0 saturated carbocycles. The number of pyridine rings is 1. The van der Waals surface area contributed by atoms with E-state index in [1.54, 1.807) is 0 Å². The Morgan fingerprint density at radius 2 is 2.43 bits per heavy atom. The molecule has 1 aromatic heterocycles. The maximum Gasteiger partial charge on any atom is 0.214 e. The van der Waals surface area contributed by atoms with Crippen LogP contribution in [-0.2, 0) is 0 Å². The molecule has 0 aliphatic carbocycles. The van der Waals surface area contributed by atoms with E-state index in [1.807, 2.05) is 0 Å². The Labute approximate surface area is 79.4 Å². The van der Waals surface area contributed by atoms with Gasteiger partial charge in [-0.2, -0.15) is 4.39 Å². The van der Waals surface area contributed by atoms with Crippen LogP contribution in [0.1, 0.15) is 5.69 Å². The molecule has 70 valence electrons. The first-order valence-electron chi connectivity index (χ1n) is 3.66. The smallest absolute Gasteiger partial charge is 0.214 e. The van der Waals surface area contributed by atoms with Gasteiger partial charge in [-0.05, 0) is 23.6 Å². The minimum absolute atomic E-state index is 0.00807. The molecule has 1 aromatic rings. The van der Waals surface area contributed by atoms with Gasteiger partial charge in [0.05, 0.1) is 12.2 Å². The Bertz CT molecular complexity index is 439. The number of nitrogens with two attached hydrogens (primary N) is 1. The lowest BCUT2D eigenvalue weighted by Crippen LogP contribution is -1.95. The van der Waals surface area contributed by atoms with Crippen LogP contribution in [-0.4, -0.2) is 11.5 Å². The predicted molar refractivity (Wildman–Crippen MR) is 49.5 cm³/mol. The standard InChI is InChI=1S/C8H6FN5/c9-8-4-3-6(10)7(13-8)2-1-5-12-14-11/h3-4H,5,10H2. The molecule has 1 rings (SSSR count). The van der Waals surface area contributed by atoms with Crippen molar-refractivity contribution >= 4 is 5.69 Å². The molecular formula is C8H6FN5. The predicted octanol–water partition coefficient (Wildman–Crippen LogP) is 1.46. The van der Waals surface area contributed by atoms with E-state index >= 15 is 0 Å². The quantitative estimate of drug-likeness (QED) is 0.239. The first-order chi connectivity index (χ1) is 6.74. The van der Waals surface area contributed by atoms with Gasteiger partial charge in [-0.1, -0.05) is 11.0 Å². The van der Waals surface area contributed by atoms with Gasteiger partial charge in [0, 0.05) is 4.91 Å². The zero-order valence-electron chi connectivity index (χ0n) is 7.11. The van der Waals surface area contributed by atoms with Gasteiger partial charge < -0.3 is 5.73 Å². The molecule has 0 aliphatic heterocycles. The number of nitrogens with zero attached hydrogens (tertiary/aromatic N) is 4. The normalized spacial score (nSPS) is 8.36. The van der Waals surface area contributed by atoms with Crippen LogP contribution in [0, 0.1) is 17.8 Å². The Balaban J connectivity index is 2.88. The van der Waals surface area contributed by atoms with Crippen LogP contribution in [0.3, 0.4) is 0 Å². The van der Waals surface area contributed by atoms with Gasteiger partial charge >= 0.3 is 0 Å². The first-order valence-corrected chi connectivity index (χ1v) is 3.66. The van der Waals surface area contributed by atoms with E-state index in [0.29, 0.717) is 5.69 Å². The van der Waals surface area contributed by atoms with Crippen molar-refractivity contribution in [2.24, 2.45) is 5.11 Å². The monoisotopic (exact) mass is 191 g/mol. The number of hydrogen-bond acceptors (Lipinski definition) is 3. The van der Waals surface area contributed by atoms with Gasteiger partial charge in [-0.3, -0.25) is 0 Å². The van der Waals surface area contributed by atoms with Gasteiger partial charge in [-0.15, -0.1) is 0 Å². The van der Waals surface area contributed by atoms with Crippen molar-refractivity contribution in [2.75, 3.05) is 12.3 Å². The van der Waals surface area contributed by atoms with Crippen LogP contribution >= 0.6 is 0 Å². The van der Waals surface area contributed by atoms with Crippen molar-refractivity contribution in [3.05, 3.63) is 34.2 Å². The van der Waals surface area contributed by atoms with Crippen molar-refractivity contribution in [3.63, 3.8) is 0 Å². The average Bonchev–Trinajstić information content (AvgIpc) is 2.18. The Morgan fingerprint density at radius 3 is 3.14 bits per heavy atom. The summed E-state index contributed by atoms with van der Waals surface area (Å²) in [4.78, 5) is 5.97. The van der Waals surface area contributed by atoms with Gasteiger partial charge in [0.1, 0.15) is 5.69 Å². The van der Waals surface area contributed by atoms with Crippen molar-refractivity contribution in [1.29, 1.82) is 0 Å². The van der Waals surface area contributed by atoms with E-state index in [0.717, 1.165) is 6.07 Å². The van der Waals surface area contributed by atoms with Gasteiger partial charge in [0.15, 0.2) is 0 Å². The average molecular weight is 191 g/mol. The van der Waals surface area contributed by atoms with Crippen LogP contribution in [0.5, 0.6) is 0 Å². The minimum Gasteiger partial charge on any atom is -0.396 e. The van der Waals surface area contributed by atoms with E-state index < -0.39 is 5.95 Å². The fourth-order valence-electron chi connectivity index (χ4n) is 0.736. The summed E-state index contributed by atoms with van der Waals surface area (Å²) >= 11 is 0. The molecule has 0 fully saturated rings. The molecule has 0 spiro atoms. The molecule has 1 heterocycles. The van der Waals surface area contributed by atoms with Gasteiger partial charge in [0.2, 0.25) is 5.95 Å². The lowest BCUT2D eigenvalue weighted by molar-refractivity contribution is 0.583. The Morgan fingerprint density at radius 1 is 1.64 bits per heavy atom. The molecule has 0 aliphatic rings. The number of halogens is 1. The summed E-state index contributed by atoms with van der Waals surface area (Å²) in [5.41, 5.74) is 13.9. The molecule has 0 saturated heterocycles. The number of anilines is 1. The molecule has 5 nitrogen and oxygen atoms in total. The third kappa shape index (κ3) is 2.66. The van der Waals surface area contributed by atoms with Crippen LogP contribution in [0.25, 0.3) is 10.4 Å². The van der Waals surface area contributed by atoms with Crippen LogP contribution in [0.15, 0.2) is 17.2 Å². The summed E-state index contributed by atoms with van der Waals surface area (Å²) in [6.45, 7) is 0.00807. The Hall–Kier alpha value is -2.25. The number of nitrogen functional groups attached to an aromatic ring is 1. The summed E-state index contributed by atoms with van der Waals surface area (Å²) < 4.78 is 12.6. The fraction of sp³-hybridized carbons (Fsp3) is 0.125. The molecule has 6 heteroatoms. The van der Waals surface area contributed by atoms with Crippen LogP contribution in [0.2, 0.25) is 0 Å². The lowest BCUT2D eigenvalue weighted by Gasteiger charge is -1.95. The third-order valence-electron chi connectivity index (χ3n) is 1.31. The van der Waals surface area contributed by atoms with Crippen molar-refractivity contribution in [1.82, 2.24) is 4.98 Å². The van der Waals surface area contributed by atoms with E-state index in [9.17, 15) is 4.39 Å². The van der Waals surface area contributed by atoms with Gasteiger partial charge in [0.25, 0.3) is 0 Å². The molecule has 2 N–H and O–H groups in total. The second-order valence-corrected chi connectivity index (χ2v) is 2.26. The number of aromatic nitrogens is 1. The van der Waals surface area contributed by atoms with Crippen LogP contribution in [0.4, 0.5) is 10.1 Å². The van der Waals surface area contributed by atoms with E-state index in [4.69, 9.17) is 11.3 Å². The molecule has 0 amide bonds. The Kier molecular flexibility index (Phi) is 3.30. The molecule has 0 bridgehead atoms. The van der Waals surface area contributed by atoms with Crippen LogP contribution < -0.4 is 5.73 Å². The highest BCUT2D eigenvalue weighted by Crippen LogP contribution is 2.06.